The van der Waals surface area contributed by atoms with Gasteiger partial charge in [0, 0.05) is 25.0 Å². The summed E-state index contributed by atoms with van der Waals surface area (Å²) in [5, 5.41) is 7.32. The van der Waals surface area contributed by atoms with E-state index in [4.69, 9.17) is 4.74 Å². The minimum Gasteiger partial charge on any atom is -0.493 e. The van der Waals surface area contributed by atoms with E-state index in [0.29, 0.717) is 24.5 Å². The van der Waals surface area contributed by atoms with E-state index >= 15 is 0 Å². The number of aryl methyl sites for hydroxylation is 2. The number of rotatable bonds is 7. The van der Waals surface area contributed by atoms with Crippen molar-refractivity contribution < 1.29 is 9.53 Å². The van der Waals surface area contributed by atoms with Crippen LogP contribution in [0.1, 0.15) is 35.0 Å². The van der Waals surface area contributed by atoms with Crippen LogP contribution in [0, 0.1) is 6.92 Å². The first-order valence-corrected chi connectivity index (χ1v) is 8.48. The predicted molar refractivity (Wildman–Crippen MR) is 96.0 cm³/mol. The molecule has 3 aromatic rings. The summed E-state index contributed by atoms with van der Waals surface area (Å²) in [7, 11) is 0. The fourth-order valence-corrected chi connectivity index (χ4v) is 2.69. The van der Waals surface area contributed by atoms with Crippen molar-refractivity contribution in [2.24, 2.45) is 0 Å². The van der Waals surface area contributed by atoms with Gasteiger partial charge in [-0.05, 0) is 44.4 Å². The average molecular weight is 338 g/mol. The molecule has 0 bridgehead atoms. The third-order valence-corrected chi connectivity index (χ3v) is 3.85. The van der Waals surface area contributed by atoms with Crippen molar-refractivity contribution in [1.29, 1.82) is 0 Å². The van der Waals surface area contributed by atoms with E-state index < -0.39 is 0 Å². The molecule has 3 rings (SSSR count). The van der Waals surface area contributed by atoms with Gasteiger partial charge in [0.2, 0.25) is 0 Å². The van der Waals surface area contributed by atoms with Gasteiger partial charge in [-0.1, -0.05) is 12.1 Å². The summed E-state index contributed by atoms with van der Waals surface area (Å²) in [5.41, 5.74) is 3.46. The van der Waals surface area contributed by atoms with Gasteiger partial charge in [0.15, 0.2) is 5.65 Å². The Kier molecular flexibility index (Phi) is 5.28. The molecule has 0 saturated heterocycles. The first-order valence-electron chi connectivity index (χ1n) is 8.48. The zero-order chi connectivity index (χ0) is 17.6. The summed E-state index contributed by atoms with van der Waals surface area (Å²) in [5.74, 6) is 0.506. The van der Waals surface area contributed by atoms with Gasteiger partial charge in [0.1, 0.15) is 5.75 Å². The summed E-state index contributed by atoms with van der Waals surface area (Å²) in [6, 6.07) is 9.23. The van der Waals surface area contributed by atoms with Crippen LogP contribution in [-0.2, 0) is 6.42 Å². The summed E-state index contributed by atoms with van der Waals surface area (Å²) in [6.07, 6.45) is 5.51. The van der Waals surface area contributed by atoms with Gasteiger partial charge in [-0.3, -0.25) is 4.79 Å². The first kappa shape index (κ1) is 17.0. The summed E-state index contributed by atoms with van der Waals surface area (Å²) < 4.78 is 7.29. The second kappa shape index (κ2) is 7.79. The molecule has 0 saturated carbocycles. The molecule has 0 radical (unpaired) electrons. The van der Waals surface area contributed by atoms with Crippen molar-refractivity contribution in [3.63, 3.8) is 0 Å². The Hall–Kier alpha value is -2.89. The van der Waals surface area contributed by atoms with Gasteiger partial charge in [0.25, 0.3) is 5.91 Å². The lowest BCUT2D eigenvalue weighted by molar-refractivity contribution is 0.0949. The molecule has 0 aliphatic heterocycles. The molecule has 0 fully saturated rings. The maximum atomic E-state index is 12.3. The highest BCUT2D eigenvalue weighted by atomic mass is 16.5. The van der Waals surface area contributed by atoms with Crippen LogP contribution in [-0.4, -0.2) is 33.7 Å². The Balaban J connectivity index is 1.53. The van der Waals surface area contributed by atoms with Gasteiger partial charge in [-0.15, -0.1) is 0 Å². The molecule has 0 aliphatic rings. The van der Waals surface area contributed by atoms with Gasteiger partial charge >= 0.3 is 0 Å². The number of carbonyl (C=O) groups excluding carboxylic acids is 1. The third kappa shape index (κ3) is 4.15. The summed E-state index contributed by atoms with van der Waals surface area (Å²) >= 11 is 0. The molecule has 25 heavy (non-hydrogen) atoms. The Morgan fingerprint density at radius 3 is 3.00 bits per heavy atom. The Labute approximate surface area is 146 Å². The molecular weight excluding hydrogens is 316 g/mol. The van der Waals surface area contributed by atoms with E-state index in [2.05, 4.69) is 15.4 Å². The molecule has 6 heteroatoms. The van der Waals surface area contributed by atoms with Crippen LogP contribution in [0.15, 0.2) is 42.7 Å². The molecule has 0 unspecified atom stereocenters. The van der Waals surface area contributed by atoms with E-state index in [0.717, 1.165) is 29.7 Å². The molecule has 6 nitrogen and oxygen atoms in total. The molecule has 1 N–H and O–H groups in total. The maximum absolute atomic E-state index is 12.3. The van der Waals surface area contributed by atoms with E-state index in [1.807, 2.05) is 50.5 Å². The number of fused-ring (bicyclic) bond motifs is 1. The van der Waals surface area contributed by atoms with Gasteiger partial charge in [-0.25, -0.2) is 9.50 Å². The highest BCUT2D eigenvalue weighted by Gasteiger charge is 2.11. The minimum atomic E-state index is -0.111. The second-order valence-corrected chi connectivity index (χ2v) is 5.84. The number of hydrogen-bond donors (Lipinski definition) is 1. The lowest BCUT2D eigenvalue weighted by Gasteiger charge is -2.10. The number of carbonyl (C=O) groups is 1. The lowest BCUT2D eigenvalue weighted by atomic mass is 10.1. The molecule has 0 atom stereocenters. The summed E-state index contributed by atoms with van der Waals surface area (Å²) in [4.78, 5) is 16.7. The van der Waals surface area contributed by atoms with Crippen molar-refractivity contribution in [1.82, 2.24) is 19.9 Å². The van der Waals surface area contributed by atoms with Crippen LogP contribution < -0.4 is 10.1 Å². The van der Waals surface area contributed by atoms with Crippen LogP contribution in [0.25, 0.3) is 5.65 Å². The van der Waals surface area contributed by atoms with Crippen LogP contribution >= 0.6 is 0 Å². The molecule has 1 amide bonds. The van der Waals surface area contributed by atoms with E-state index in [-0.39, 0.29) is 5.91 Å². The fourth-order valence-electron chi connectivity index (χ4n) is 2.69. The van der Waals surface area contributed by atoms with Crippen molar-refractivity contribution >= 4 is 11.6 Å². The number of amides is 1. The first-order chi connectivity index (χ1) is 12.2. The third-order valence-electron chi connectivity index (χ3n) is 3.85. The number of aromatic nitrogens is 3. The summed E-state index contributed by atoms with van der Waals surface area (Å²) in [6.45, 7) is 4.98. The van der Waals surface area contributed by atoms with Gasteiger partial charge in [0.05, 0.1) is 17.9 Å². The van der Waals surface area contributed by atoms with Crippen LogP contribution in [0.5, 0.6) is 5.75 Å². The number of benzene rings is 1. The standard InChI is InChI=1S/C19H22N4O2/c1-3-25-17-9-5-4-8-16(17)19(24)20-10-6-7-15-12-21-18-11-14(2)22-23(18)13-15/h4-5,8-9,11-13H,3,6-7,10H2,1-2H3,(H,20,24). The zero-order valence-corrected chi connectivity index (χ0v) is 14.5. The zero-order valence-electron chi connectivity index (χ0n) is 14.5. The van der Waals surface area contributed by atoms with Gasteiger partial charge < -0.3 is 10.1 Å². The number of nitrogens with one attached hydrogen (secondary N) is 1. The van der Waals surface area contributed by atoms with Crippen LogP contribution in [0.2, 0.25) is 0 Å². The van der Waals surface area contributed by atoms with Crippen LogP contribution in [0.3, 0.4) is 0 Å². The molecular formula is C19H22N4O2. The topological polar surface area (TPSA) is 68.5 Å². The lowest BCUT2D eigenvalue weighted by Crippen LogP contribution is -2.25. The van der Waals surface area contributed by atoms with E-state index in [1.54, 1.807) is 10.6 Å². The SMILES string of the molecule is CCOc1ccccc1C(=O)NCCCc1cnc2cc(C)nn2c1. The number of nitrogens with zero attached hydrogens (tertiary/aromatic N) is 3. The second-order valence-electron chi connectivity index (χ2n) is 5.84. The number of para-hydroxylation sites is 1. The van der Waals surface area contributed by atoms with Crippen molar-refractivity contribution in [2.75, 3.05) is 13.2 Å². The minimum absolute atomic E-state index is 0.111. The Bertz CT molecular complexity index is 873. The quantitative estimate of drug-likeness (QED) is 0.673. The Morgan fingerprint density at radius 2 is 2.16 bits per heavy atom. The predicted octanol–water partition coefficient (Wildman–Crippen LogP) is 2.80. The fraction of sp³-hybridized carbons (Fsp3) is 0.316. The monoisotopic (exact) mass is 338 g/mol. The molecule has 0 spiro atoms. The highest BCUT2D eigenvalue weighted by molar-refractivity contribution is 5.96. The van der Waals surface area contributed by atoms with E-state index in [9.17, 15) is 4.79 Å². The highest BCUT2D eigenvalue weighted by Crippen LogP contribution is 2.17. The smallest absolute Gasteiger partial charge is 0.255 e. The van der Waals surface area contributed by atoms with Gasteiger partial charge in [-0.2, -0.15) is 5.10 Å². The Morgan fingerprint density at radius 1 is 1.32 bits per heavy atom. The van der Waals surface area contributed by atoms with Crippen molar-refractivity contribution in [3.8, 4) is 5.75 Å². The van der Waals surface area contributed by atoms with Crippen molar-refractivity contribution in [3.05, 3.63) is 59.5 Å². The number of ether oxygens (including phenoxy) is 1. The van der Waals surface area contributed by atoms with Crippen LogP contribution in [0.4, 0.5) is 0 Å². The molecule has 0 aliphatic carbocycles. The van der Waals surface area contributed by atoms with Crippen molar-refractivity contribution in [2.45, 2.75) is 26.7 Å². The largest absolute Gasteiger partial charge is 0.493 e. The molecule has 2 heterocycles. The molecule has 1 aromatic carbocycles. The number of hydrogen-bond acceptors (Lipinski definition) is 4. The molecule has 130 valence electrons. The van der Waals surface area contributed by atoms with E-state index in [1.165, 1.54) is 0 Å². The molecule has 2 aromatic heterocycles. The normalized spacial score (nSPS) is 10.8. The maximum Gasteiger partial charge on any atom is 0.255 e. The average Bonchev–Trinajstić information content (AvgIpc) is 2.98.